The van der Waals surface area contributed by atoms with Crippen LogP contribution in [0.15, 0.2) is 0 Å². The van der Waals surface area contributed by atoms with E-state index in [1.165, 1.54) is 25.9 Å². The Labute approximate surface area is 94.2 Å². The SMILES string of the molecule is CCNCCOC1CCN(C(C)C)CC1. The summed E-state index contributed by atoms with van der Waals surface area (Å²) in [6.07, 6.45) is 2.90. The minimum atomic E-state index is 0.499. The van der Waals surface area contributed by atoms with E-state index in [0.29, 0.717) is 12.1 Å². The molecule has 90 valence electrons. The van der Waals surface area contributed by atoms with E-state index >= 15 is 0 Å². The second-order valence-electron chi connectivity index (χ2n) is 4.55. The number of piperidine rings is 1. The molecule has 0 aliphatic carbocycles. The molecule has 1 aliphatic rings. The molecule has 0 radical (unpaired) electrons. The first kappa shape index (κ1) is 12.9. The van der Waals surface area contributed by atoms with Crippen molar-refractivity contribution in [2.24, 2.45) is 0 Å². The molecule has 1 heterocycles. The summed E-state index contributed by atoms with van der Waals surface area (Å²) in [6.45, 7) is 11.9. The molecular weight excluding hydrogens is 188 g/mol. The van der Waals surface area contributed by atoms with Crippen molar-refractivity contribution in [2.45, 2.75) is 45.8 Å². The van der Waals surface area contributed by atoms with Crippen molar-refractivity contribution in [3.05, 3.63) is 0 Å². The maximum absolute atomic E-state index is 5.82. The molecule has 0 aromatic heterocycles. The molecule has 0 amide bonds. The lowest BCUT2D eigenvalue weighted by Gasteiger charge is -2.34. The number of nitrogens with zero attached hydrogens (tertiary/aromatic N) is 1. The Morgan fingerprint density at radius 1 is 1.33 bits per heavy atom. The molecule has 0 unspecified atom stereocenters. The molecule has 0 aromatic rings. The Bertz CT molecular complexity index is 154. The fraction of sp³-hybridized carbons (Fsp3) is 1.00. The highest BCUT2D eigenvalue weighted by Gasteiger charge is 2.20. The first-order valence-corrected chi connectivity index (χ1v) is 6.30. The molecule has 1 rings (SSSR count). The number of ether oxygens (including phenoxy) is 1. The third-order valence-corrected chi connectivity index (χ3v) is 3.09. The Hall–Kier alpha value is -0.120. The third-order valence-electron chi connectivity index (χ3n) is 3.09. The molecule has 15 heavy (non-hydrogen) atoms. The molecule has 1 fully saturated rings. The van der Waals surface area contributed by atoms with Crippen molar-refractivity contribution in [3.63, 3.8) is 0 Å². The number of likely N-dealkylation sites (N-methyl/N-ethyl adjacent to an activating group) is 1. The third kappa shape index (κ3) is 4.96. The van der Waals surface area contributed by atoms with Crippen molar-refractivity contribution in [2.75, 3.05) is 32.8 Å². The van der Waals surface area contributed by atoms with Crippen LogP contribution >= 0.6 is 0 Å². The summed E-state index contributed by atoms with van der Waals surface area (Å²) in [5, 5.41) is 3.28. The maximum atomic E-state index is 5.82. The number of hydrogen-bond acceptors (Lipinski definition) is 3. The molecule has 0 spiro atoms. The van der Waals surface area contributed by atoms with Crippen molar-refractivity contribution in [1.82, 2.24) is 10.2 Å². The first-order chi connectivity index (χ1) is 7.24. The maximum Gasteiger partial charge on any atom is 0.0600 e. The summed E-state index contributed by atoms with van der Waals surface area (Å²) < 4.78 is 5.82. The van der Waals surface area contributed by atoms with Crippen LogP contribution < -0.4 is 5.32 Å². The van der Waals surface area contributed by atoms with Gasteiger partial charge in [-0.15, -0.1) is 0 Å². The highest BCUT2D eigenvalue weighted by atomic mass is 16.5. The Morgan fingerprint density at radius 3 is 2.53 bits per heavy atom. The topological polar surface area (TPSA) is 24.5 Å². The van der Waals surface area contributed by atoms with E-state index in [0.717, 1.165) is 19.7 Å². The zero-order chi connectivity index (χ0) is 11.1. The number of nitrogens with one attached hydrogen (secondary N) is 1. The second kappa shape index (κ2) is 7.20. The molecule has 3 heteroatoms. The van der Waals surface area contributed by atoms with Crippen LogP contribution in [0.2, 0.25) is 0 Å². The van der Waals surface area contributed by atoms with Gasteiger partial charge < -0.3 is 15.0 Å². The van der Waals surface area contributed by atoms with Gasteiger partial charge in [0, 0.05) is 25.7 Å². The van der Waals surface area contributed by atoms with Crippen LogP contribution in [0.3, 0.4) is 0 Å². The van der Waals surface area contributed by atoms with Gasteiger partial charge in [0.2, 0.25) is 0 Å². The summed E-state index contributed by atoms with van der Waals surface area (Å²) in [6, 6.07) is 0.688. The van der Waals surface area contributed by atoms with Gasteiger partial charge in [-0.1, -0.05) is 6.92 Å². The number of hydrogen-bond donors (Lipinski definition) is 1. The summed E-state index contributed by atoms with van der Waals surface area (Å²) >= 11 is 0. The summed E-state index contributed by atoms with van der Waals surface area (Å²) in [7, 11) is 0. The average Bonchev–Trinajstić information content (AvgIpc) is 2.25. The molecule has 3 nitrogen and oxygen atoms in total. The molecule has 0 saturated carbocycles. The van der Waals surface area contributed by atoms with E-state index in [1.807, 2.05) is 0 Å². The highest BCUT2D eigenvalue weighted by Crippen LogP contribution is 2.15. The largest absolute Gasteiger partial charge is 0.377 e. The van der Waals surface area contributed by atoms with Gasteiger partial charge in [-0.3, -0.25) is 0 Å². The van der Waals surface area contributed by atoms with Gasteiger partial charge >= 0.3 is 0 Å². The van der Waals surface area contributed by atoms with E-state index in [2.05, 4.69) is 31.0 Å². The van der Waals surface area contributed by atoms with Crippen molar-refractivity contribution >= 4 is 0 Å². The van der Waals surface area contributed by atoms with Gasteiger partial charge in [0.1, 0.15) is 0 Å². The molecule has 0 aromatic carbocycles. The van der Waals surface area contributed by atoms with Gasteiger partial charge in [-0.2, -0.15) is 0 Å². The van der Waals surface area contributed by atoms with Crippen molar-refractivity contribution < 1.29 is 4.74 Å². The fourth-order valence-electron chi connectivity index (χ4n) is 2.03. The van der Waals surface area contributed by atoms with Gasteiger partial charge in [0.05, 0.1) is 12.7 Å². The average molecular weight is 214 g/mol. The fourth-order valence-corrected chi connectivity index (χ4v) is 2.03. The molecule has 0 atom stereocenters. The normalized spacial score (nSPS) is 20.0. The van der Waals surface area contributed by atoms with Crippen LogP contribution in [0.25, 0.3) is 0 Å². The standard InChI is InChI=1S/C12H26N2O/c1-4-13-7-10-15-12-5-8-14(9-6-12)11(2)3/h11-13H,4-10H2,1-3H3. The molecule has 0 bridgehead atoms. The predicted molar refractivity (Wildman–Crippen MR) is 64.2 cm³/mol. The quantitative estimate of drug-likeness (QED) is 0.678. The van der Waals surface area contributed by atoms with Gasteiger partial charge in [0.25, 0.3) is 0 Å². The first-order valence-electron chi connectivity index (χ1n) is 6.30. The van der Waals surface area contributed by atoms with E-state index in [9.17, 15) is 0 Å². The van der Waals surface area contributed by atoms with Crippen LogP contribution in [0.4, 0.5) is 0 Å². The van der Waals surface area contributed by atoms with Gasteiger partial charge in [-0.05, 0) is 33.2 Å². The number of likely N-dealkylation sites (tertiary alicyclic amines) is 1. The predicted octanol–water partition coefficient (Wildman–Crippen LogP) is 1.49. The lowest BCUT2D eigenvalue weighted by atomic mass is 10.1. The van der Waals surface area contributed by atoms with Crippen LogP contribution in [-0.4, -0.2) is 49.8 Å². The second-order valence-corrected chi connectivity index (χ2v) is 4.55. The van der Waals surface area contributed by atoms with Crippen LogP contribution in [0.1, 0.15) is 33.6 Å². The molecule has 1 saturated heterocycles. The monoisotopic (exact) mass is 214 g/mol. The van der Waals surface area contributed by atoms with Crippen molar-refractivity contribution in [1.29, 1.82) is 0 Å². The van der Waals surface area contributed by atoms with E-state index < -0.39 is 0 Å². The molecule has 1 aliphatic heterocycles. The van der Waals surface area contributed by atoms with E-state index in [4.69, 9.17) is 4.74 Å². The lowest BCUT2D eigenvalue weighted by molar-refractivity contribution is 0.00306. The van der Waals surface area contributed by atoms with E-state index in [1.54, 1.807) is 0 Å². The summed E-state index contributed by atoms with van der Waals surface area (Å²) in [5.41, 5.74) is 0. The molecule has 1 N–H and O–H groups in total. The zero-order valence-electron chi connectivity index (χ0n) is 10.5. The highest BCUT2D eigenvalue weighted by molar-refractivity contribution is 4.74. The van der Waals surface area contributed by atoms with Crippen LogP contribution in [0.5, 0.6) is 0 Å². The van der Waals surface area contributed by atoms with E-state index in [-0.39, 0.29) is 0 Å². The van der Waals surface area contributed by atoms with Gasteiger partial charge in [-0.25, -0.2) is 0 Å². The zero-order valence-corrected chi connectivity index (χ0v) is 10.5. The Balaban J connectivity index is 2.04. The lowest BCUT2D eigenvalue weighted by Crippen LogP contribution is -2.41. The summed E-state index contributed by atoms with van der Waals surface area (Å²) in [4.78, 5) is 2.53. The van der Waals surface area contributed by atoms with Crippen molar-refractivity contribution in [3.8, 4) is 0 Å². The minimum Gasteiger partial charge on any atom is -0.377 e. The Kier molecular flexibility index (Phi) is 6.22. The van der Waals surface area contributed by atoms with Gasteiger partial charge in [0.15, 0.2) is 0 Å². The Morgan fingerprint density at radius 2 is 2.00 bits per heavy atom. The summed E-state index contributed by atoms with van der Waals surface area (Å²) in [5.74, 6) is 0. The van der Waals surface area contributed by atoms with Crippen LogP contribution in [-0.2, 0) is 4.74 Å². The number of rotatable bonds is 6. The smallest absolute Gasteiger partial charge is 0.0600 e. The molecular formula is C12H26N2O. The minimum absolute atomic E-state index is 0.499. The van der Waals surface area contributed by atoms with Crippen LogP contribution in [0, 0.1) is 0 Å².